The van der Waals surface area contributed by atoms with Crippen molar-refractivity contribution in [1.29, 1.82) is 0 Å². The van der Waals surface area contributed by atoms with E-state index < -0.39 is 5.97 Å². The van der Waals surface area contributed by atoms with Gasteiger partial charge in [-0.25, -0.2) is 4.79 Å². The van der Waals surface area contributed by atoms with Crippen molar-refractivity contribution >= 4 is 11.8 Å². The summed E-state index contributed by atoms with van der Waals surface area (Å²) < 4.78 is 7.56. The number of ether oxygens (including phenoxy) is 1. The van der Waals surface area contributed by atoms with Gasteiger partial charge < -0.3 is 9.30 Å². The zero-order chi connectivity index (χ0) is 20.5. The lowest BCUT2D eigenvalue weighted by Gasteiger charge is -2.17. The highest BCUT2D eigenvalue weighted by Crippen LogP contribution is 2.26. The van der Waals surface area contributed by atoms with Gasteiger partial charge in [0.1, 0.15) is 0 Å². The fourth-order valence-corrected chi connectivity index (χ4v) is 3.74. The maximum absolute atomic E-state index is 12.7. The number of rotatable bonds is 6. The van der Waals surface area contributed by atoms with Gasteiger partial charge in [0.2, 0.25) is 5.78 Å². The van der Waals surface area contributed by atoms with E-state index in [2.05, 4.69) is 18.4 Å². The van der Waals surface area contributed by atoms with Crippen LogP contribution in [0.1, 0.15) is 73.3 Å². The number of carbonyl (C=O) groups excluding carboxylic acids is 2. The van der Waals surface area contributed by atoms with Crippen molar-refractivity contribution in [3.63, 3.8) is 0 Å². The van der Waals surface area contributed by atoms with Gasteiger partial charge in [0.25, 0.3) is 0 Å². The predicted molar refractivity (Wildman–Crippen MR) is 109 cm³/mol. The Morgan fingerprint density at radius 2 is 1.41 bits per heavy atom. The van der Waals surface area contributed by atoms with Crippen LogP contribution in [0.15, 0.2) is 6.07 Å². The van der Waals surface area contributed by atoms with Gasteiger partial charge in [-0.05, 0) is 88.8 Å². The second-order valence-electron chi connectivity index (χ2n) is 7.44. The number of ketones is 1. The summed E-state index contributed by atoms with van der Waals surface area (Å²) in [6, 6.07) is 1.89. The van der Waals surface area contributed by atoms with Crippen LogP contribution in [-0.2, 0) is 11.3 Å². The van der Waals surface area contributed by atoms with Crippen LogP contribution in [0.3, 0.4) is 0 Å². The molecule has 0 fully saturated rings. The van der Waals surface area contributed by atoms with E-state index in [1.807, 2.05) is 47.6 Å². The van der Waals surface area contributed by atoms with E-state index in [1.54, 1.807) is 0 Å². The molecule has 2 aromatic rings. The molecule has 0 unspecified atom stereocenters. The van der Waals surface area contributed by atoms with E-state index in [0.717, 1.165) is 46.6 Å². The Kier molecular flexibility index (Phi) is 6.30. The fraction of sp³-hybridized carbons (Fsp3) is 0.478. The third-order valence-corrected chi connectivity index (χ3v) is 5.86. The van der Waals surface area contributed by atoms with Crippen molar-refractivity contribution in [2.75, 3.05) is 6.61 Å². The molecule has 1 aromatic carbocycles. The zero-order valence-corrected chi connectivity index (χ0v) is 17.9. The van der Waals surface area contributed by atoms with Gasteiger partial charge in [-0.15, -0.1) is 0 Å². The molecule has 0 radical (unpaired) electrons. The molecule has 146 valence electrons. The first-order valence-electron chi connectivity index (χ1n) is 9.55. The topological polar surface area (TPSA) is 48.3 Å². The van der Waals surface area contributed by atoms with E-state index in [9.17, 15) is 9.59 Å². The molecule has 0 aliphatic rings. The van der Waals surface area contributed by atoms with Crippen LogP contribution in [-0.4, -0.2) is 22.9 Å². The molecule has 27 heavy (non-hydrogen) atoms. The summed E-state index contributed by atoms with van der Waals surface area (Å²) in [4.78, 5) is 25.4. The summed E-state index contributed by atoms with van der Waals surface area (Å²) in [5.41, 5.74) is 8.45. The number of hydrogen-bond donors (Lipinski definition) is 0. The normalized spacial score (nSPS) is 11.0. The Hall–Kier alpha value is -2.36. The van der Waals surface area contributed by atoms with E-state index in [4.69, 9.17) is 4.74 Å². The molecule has 0 aliphatic carbocycles. The number of carbonyl (C=O) groups is 2. The molecular formula is C23H31NO3. The van der Waals surface area contributed by atoms with Crippen LogP contribution in [0.5, 0.6) is 0 Å². The van der Waals surface area contributed by atoms with Gasteiger partial charge >= 0.3 is 5.97 Å². The van der Waals surface area contributed by atoms with Crippen LogP contribution in [0, 0.1) is 48.5 Å². The quantitative estimate of drug-likeness (QED) is 0.526. The molecule has 0 atom stereocenters. The highest BCUT2D eigenvalue weighted by atomic mass is 16.5. The predicted octanol–water partition coefficient (Wildman–Crippen LogP) is 5.10. The lowest BCUT2D eigenvalue weighted by atomic mass is 9.90. The Labute approximate surface area is 162 Å². The Morgan fingerprint density at radius 1 is 0.889 bits per heavy atom. The Morgan fingerprint density at radius 3 is 1.93 bits per heavy atom. The molecule has 0 bridgehead atoms. The number of Topliss-reactive ketones (excluding diaryl/α,β-unsaturated/α-hetero) is 1. The highest BCUT2D eigenvalue weighted by Gasteiger charge is 2.22. The third kappa shape index (κ3) is 3.85. The summed E-state index contributed by atoms with van der Waals surface area (Å²) >= 11 is 0. The second kappa shape index (κ2) is 8.12. The fourth-order valence-electron chi connectivity index (χ4n) is 3.74. The Balaban J connectivity index is 2.22. The maximum Gasteiger partial charge on any atom is 0.339 e. The lowest BCUT2D eigenvalue weighted by Crippen LogP contribution is -2.18. The number of hydrogen-bond acceptors (Lipinski definition) is 3. The van der Waals surface area contributed by atoms with Gasteiger partial charge in [-0.2, -0.15) is 0 Å². The van der Waals surface area contributed by atoms with E-state index in [1.165, 1.54) is 5.56 Å². The summed E-state index contributed by atoms with van der Waals surface area (Å²) in [7, 11) is 0. The monoisotopic (exact) mass is 369 g/mol. The van der Waals surface area contributed by atoms with E-state index in [-0.39, 0.29) is 12.4 Å². The van der Waals surface area contributed by atoms with Crippen molar-refractivity contribution < 1.29 is 14.3 Å². The summed E-state index contributed by atoms with van der Waals surface area (Å²) in [6.07, 6.45) is 1.00. The summed E-state index contributed by atoms with van der Waals surface area (Å²) in [6.45, 7) is 16.7. The van der Waals surface area contributed by atoms with Crippen LogP contribution in [0.2, 0.25) is 0 Å². The number of esters is 1. The SMILES string of the molecule is CCCn1c(C)cc(C(=O)COC(=O)c2c(C)c(C)c(C)c(C)c2C)c1C. The Bertz CT molecular complexity index is 874. The molecule has 0 saturated heterocycles. The molecule has 1 aromatic heterocycles. The highest BCUT2D eigenvalue weighted by molar-refractivity contribution is 6.01. The molecule has 0 aliphatic heterocycles. The zero-order valence-electron chi connectivity index (χ0n) is 17.9. The molecule has 2 rings (SSSR count). The number of aromatic nitrogens is 1. The number of benzene rings is 1. The summed E-state index contributed by atoms with van der Waals surface area (Å²) in [5, 5.41) is 0. The van der Waals surface area contributed by atoms with Gasteiger partial charge in [-0.3, -0.25) is 4.79 Å². The molecule has 0 saturated carbocycles. The standard InChI is InChI=1S/C23H31NO3/c1-9-10-24-13(2)11-20(19(24)8)21(25)12-27-23(26)22-17(6)15(4)14(3)16(5)18(22)7/h11H,9-10,12H2,1-8H3. The first kappa shape index (κ1) is 20.9. The molecule has 4 heteroatoms. The minimum Gasteiger partial charge on any atom is -0.454 e. The van der Waals surface area contributed by atoms with Gasteiger partial charge in [0.05, 0.1) is 5.56 Å². The number of nitrogens with zero attached hydrogens (tertiary/aromatic N) is 1. The van der Waals surface area contributed by atoms with Crippen molar-refractivity contribution in [1.82, 2.24) is 4.57 Å². The molecule has 1 heterocycles. The average Bonchev–Trinajstić information content (AvgIpc) is 2.91. The van der Waals surface area contributed by atoms with E-state index >= 15 is 0 Å². The first-order valence-corrected chi connectivity index (χ1v) is 9.55. The molecule has 0 spiro atoms. The van der Waals surface area contributed by atoms with Crippen LogP contribution in [0.4, 0.5) is 0 Å². The molecular weight excluding hydrogens is 338 g/mol. The second-order valence-corrected chi connectivity index (χ2v) is 7.44. The van der Waals surface area contributed by atoms with Gasteiger partial charge in [0.15, 0.2) is 6.61 Å². The smallest absolute Gasteiger partial charge is 0.339 e. The van der Waals surface area contributed by atoms with Crippen molar-refractivity contribution in [3.05, 3.63) is 56.4 Å². The minimum atomic E-state index is -0.424. The third-order valence-electron chi connectivity index (χ3n) is 5.86. The van der Waals surface area contributed by atoms with E-state index in [0.29, 0.717) is 11.1 Å². The minimum absolute atomic E-state index is 0.158. The van der Waals surface area contributed by atoms with Crippen LogP contribution >= 0.6 is 0 Å². The largest absolute Gasteiger partial charge is 0.454 e. The molecule has 4 nitrogen and oxygen atoms in total. The van der Waals surface area contributed by atoms with Gasteiger partial charge in [-0.1, -0.05) is 6.92 Å². The van der Waals surface area contributed by atoms with Crippen LogP contribution in [0.25, 0.3) is 0 Å². The van der Waals surface area contributed by atoms with Crippen molar-refractivity contribution in [2.24, 2.45) is 0 Å². The van der Waals surface area contributed by atoms with Crippen molar-refractivity contribution in [3.8, 4) is 0 Å². The lowest BCUT2D eigenvalue weighted by molar-refractivity contribution is 0.0473. The van der Waals surface area contributed by atoms with Crippen molar-refractivity contribution in [2.45, 2.75) is 68.4 Å². The maximum atomic E-state index is 12.7. The van der Waals surface area contributed by atoms with Gasteiger partial charge in [0, 0.05) is 23.5 Å². The first-order chi connectivity index (χ1) is 12.6. The molecule has 0 amide bonds. The molecule has 0 N–H and O–H groups in total. The number of aryl methyl sites for hydroxylation is 1. The average molecular weight is 370 g/mol. The summed E-state index contributed by atoms with van der Waals surface area (Å²) in [5.74, 6) is -0.582. The van der Waals surface area contributed by atoms with Crippen LogP contribution < -0.4 is 0 Å².